The molecule has 0 unspecified atom stereocenters. The summed E-state index contributed by atoms with van der Waals surface area (Å²) in [5.74, 6) is -0.369. The number of amides is 3. The van der Waals surface area contributed by atoms with Gasteiger partial charge in [0.15, 0.2) is 5.16 Å². The van der Waals surface area contributed by atoms with Crippen LogP contribution in [0.4, 0.5) is 4.79 Å². The van der Waals surface area contributed by atoms with Crippen LogP contribution in [0.3, 0.4) is 0 Å². The van der Waals surface area contributed by atoms with E-state index >= 15 is 0 Å². The molecule has 0 radical (unpaired) electrons. The Hall–Kier alpha value is -2.36. The van der Waals surface area contributed by atoms with Crippen molar-refractivity contribution in [1.29, 1.82) is 0 Å². The van der Waals surface area contributed by atoms with Crippen LogP contribution in [-0.2, 0) is 11.2 Å². The van der Waals surface area contributed by atoms with Crippen molar-refractivity contribution in [2.45, 2.75) is 11.6 Å². The number of urea groups is 1. The Balaban J connectivity index is 1.45. The van der Waals surface area contributed by atoms with E-state index in [0.717, 1.165) is 12.1 Å². The van der Waals surface area contributed by atoms with Gasteiger partial charge < -0.3 is 5.32 Å². The van der Waals surface area contributed by atoms with Gasteiger partial charge in [0.05, 0.1) is 11.4 Å². The van der Waals surface area contributed by atoms with E-state index in [-0.39, 0.29) is 5.75 Å². The van der Waals surface area contributed by atoms with Gasteiger partial charge in [0.25, 0.3) is 0 Å². The summed E-state index contributed by atoms with van der Waals surface area (Å²) in [7, 11) is 0. The summed E-state index contributed by atoms with van der Waals surface area (Å²) in [5, 5.41) is 16.0. The molecule has 1 aromatic carbocycles. The molecular weight excluding hydrogens is 406 g/mol. The standard InChI is InChI=1S/C17H16ClN5O2S2/c18-12-3-1-4-13(9-12)23-11-20-22-17(23)27-10-15(24)21-16(25)19-7-6-14-5-2-8-26-14/h1-5,8-9,11H,6-7,10H2,(H2,19,21,24,25). The highest BCUT2D eigenvalue weighted by Gasteiger charge is 2.12. The Morgan fingerprint density at radius 1 is 1.26 bits per heavy atom. The summed E-state index contributed by atoms with van der Waals surface area (Å²) < 4.78 is 1.73. The maximum Gasteiger partial charge on any atom is 0.321 e. The molecule has 27 heavy (non-hydrogen) atoms. The highest BCUT2D eigenvalue weighted by molar-refractivity contribution is 7.99. The number of carbonyl (C=O) groups excluding carboxylic acids is 2. The van der Waals surface area contributed by atoms with Crippen LogP contribution in [0.15, 0.2) is 53.3 Å². The van der Waals surface area contributed by atoms with Crippen LogP contribution in [0.2, 0.25) is 5.02 Å². The lowest BCUT2D eigenvalue weighted by Crippen LogP contribution is -2.41. The molecule has 10 heteroatoms. The minimum atomic E-state index is -0.506. The lowest BCUT2D eigenvalue weighted by Gasteiger charge is -2.07. The van der Waals surface area contributed by atoms with E-state index in [4.69, 9.17) is 11.6 Å². The molecule has 0 fully saturated rings. The van der Waals surface area contributed by atoms with Crippen LogP contribution in [0.5, 0.6) is 0 Å². The molecule has 7 nitrogen and oxygen atoms in total. The Kier molecular flexibility index (Phi) is 6.86. The third-order valence-electron chi connectivity index (χ3n) is 3.43. The quantitative estimate of drug-likeness (QED) is 0.572. The molecule has 0 spiro atoms. The predicted octanol–water partition coefficient (Wildman–Crippen LogP) is 3.14. The van der Waals surface area contributed by atoms with Crippen LogP contribution < -0.4 is 10.6 Å². The van der Waals surface area contributed by atoms with E-state index in [1.165, 1.54) is 16.6 Å². The number of carbonyl (C=O) groups is 2. The molecule has 0 aliphatic rings. The number of nitrogens with zero attached hydrogens (tertiary/aromatic N) is 3. The van der Waals surface area contributed by atoms with Gasteiger partial charge in [-0.1, -0.05) is 35.5 Å². The number of aromatic nitrogens is 3. The van der Waals surface area contributed by atoms with E-state index in [1.807, 2.05) is 29.6 Å². The van der Waals surface area contributed by atoms with Crippen molar-refractivity contribution in [3.8, 4) is 5.69 Å². The minimum absolute atomic E-state index is 0.0393. The van der Waals surface area contributed by atoms with Crippen molar-refractivity contribution < 1.29 is 9.59 Å². The molecule has 0 bridgehead atoms. The first-order valence-electron chi connectivity index (χ1n) is 8.00. The highest BCUT2D eigenvalue weighted by Crippen LogP contribution is 2.21. The zero-order valence-electron chi connectivity index (χ0n) is 14.1. The molecule has 3 aromatic rings. The van der Waals surface area contributed by atoms with Crippen molar-refractivity contribution in [2.24, 2.45) is 0 Å². The molecule has 0 saturated heterocycles. The predicted molar refractivity (Wildman–Crippen MR) is 107 cm³/mol. The number of thioether (sulfide) groups is 1. The smallest absolute Gasteiger partial charge is 0.321 e. The second kappa shape index (κ2) is 9.54. The fourth-order valence-corrected chi connectivity index (χ4v) is 3.84. The summed E-state index contributed by atoms with van der Waals surface area (Å²) in [6.07, 6.45) is 2.28. The molecule has 0 aliphatic carbocycles. The lowest BCUT2D eigenvalue weighted by atomic mass is 10.3. The topological polar surface area (TPSA) is 88.9 Å². The third kappa shape index (κ3) is 5.81. The number of imide groups is 1. The van der Waals surface area contributed by atoms with Crippen molar-refractivity contribution in [1.82, 2.24) is 25.4 Å². The number of hydrogen-bond donors (Lipinski definition) is 2. The highest BCUT2D eigenvalue weighted by atomic mass is 35.5. The Morgan fingerprint density at radius 3 is 2.93 bits per heavy atom. The number of hydrogen-bond acceptors (Lipinski definition) is 6. The summed E-state index contributed by atoms with van der Waals surface area (Å²) in [6, 6.07) is 10.7. The number of thiophene rings is 1. The zero-order valence-corrected chi connectivity index (χ0v) is 16.5. The van der Waals surface area contributed by atoms with E-state index < -0.39 is 11.9 Å². The maximum absolute atomic E-state index is 12.0. The molecule has 2 heterocycles. The first-order chi connectivity index (χ1) is 13.1. The summed E-state index contributed by atoms with van der Waals surface area (Å²) >= 11 is 8.82. The second-order valence-corrected chi connectivity index (χ2v) is 7.80. The van der Waals surface area contributed by atoms with Gasteiger partial charge in [0.1, 0.15) is 6.33 Å². The van der Waals surface area contributed by atoms with Gasteiger partial charge in [-0.25, -0.2) is 4.79 Å². The van der Waals surface area contributed by atoms with E-state index in [9.17, 15) is 9.59 Å². The average molecular weight is 422 g/mol. The average Bonchev–Trinajstić information content (AvgIpc) is 3.31. The fraction of sp³-hybridized carbons (Fsp3) is 0.176. The Morgan fingerprint density at radius 2 is 2.15 bits per heavy atom. The Labute approximate surface area is 169 Å². The molecular formula is C17H16ClN5O2S2. The van der Waals surface area contributed by atoms with E-state index in [1.54, 1.807) is 34.4 Å². The minimum Gasteiger partial charge on any atom is -0.337 e. The van der Waals surface area contributed by atoms with Gasteiger partial charge in [-0.05, 0) is 36.1 Å². The number of halogens is 1. The lowest BCUT2D eigenvalue weighted by molar-refractivity contribution is -0.117. The SMILES string of the molecule is O=C(CSc1nncn1-c1cccc(Cl)c1)NC(=O)NCCc1cccs1. The van der Waals surface area contributed by atoms with E-state index in [0.29, 0.717) is 16.7 Å². The normalized spacial score (nSPS) is 10.6. The van der Waals surface area contributed by atoms with Gasteiger partial charge in [0.2, 0.25) is 5.91 Å². The van der Waals surface area contributed by atoms with Gasteiger partial charge in [-0.15, -0.1) is 21.5 Å². The van der Waals surface area contributed by atoms with Crippen molar-refractivity contribution in [3.63, 3.8) is 0 Å². The molecule has 3 rings (SSSR count). The zero-order chi connectivity index (χ0) is 19.1. The number of benzene rings is 1. The Bertz CT molecular complexity index is 914. The van der Waals surface area contributed by atoms with Crippen molar-refractivity contribution in [3.05, 3.63) is 58.0 Å². The molecule has 140 valence electrons. The largest absolute Gasteiger partial charge is 0.337 e. The summed E-state index contributed by atoms with van der Waals surface area (Å²) in [4.78, 5) is 24.9. The molecule has 0 atom stereocenters. The summed E-state index contributed by atoms with van der Waals surface area (Å²) in [5.41, 5.74) is 0.793. The number of rotatable bonds is 7. The summed E-state index contributed by atoms with van der Waals surface area (Å²) in [6.45, 7) is 0.468. The molecule has 2 aromatic heterocycles. The van der Waals surface area contributed by atoms with Gasteiger partial charge >= 0.3 is 6.03 Å². The third-order valence-corrected chi connectivity index (χ3v) is 5.54. The van der Waals surface area contributed by atoms with Gasteiger partial charge in [0, 0.05) is 16.4 Å². The fourth-order valence-electron chi connectivity index (χ4n) is 2.22. The van der Waals surface area contributed by atoms with Gasteiger partial charge in [-0.2, -0.15) is 0 Å². The van der Waals surface area contributed by atoms with Crippen LogP contribution in [0.1, 0.15) is 4.88 Å². The van der Waals surface area contributed by atoms with Crippen molar-refractivity contribution >= 4 is 46.6 Å². The second-order valence-electron chi connectivity index (χ2n) is 5.39. The molecule has 2 N–H and O–H groups in total. The molecule has 0 saturated carbocycles. The van der Waals surface area contributed by atoms with Crippen LogP contribution in [-0.4, -0.2) is 39.0 Å². The van der Waals surface area contributed by atoms with Crippen LogP contribution in [0, 0.1) is 0 Å². The van der Waals surface area contributed by atoms with Gasteiger partial charge in [-0.3, -0.25) is 14.7 Å². The van der Waals surface area contributed by atoms with Crippen LogP contribution in [0.25, 0.3) is 5.69 Å². The molecule has 3 amide bonds. The van der Waals surface area contributed by atoms with Crippen molar-refractivity contribution in [2.75, 3.05) is 12.3 Å². The number of nitrogens with one attached hydrogen (secondary N) is 2. The van der Waals surface area contributed by atoms with Crippen LogP contribution >= 0.6 is 34.7 Å². The monoisotopic (exact) mass is 421 g/mol. The molecule has 0 aliphatic heterocycles. The first kappa shape index (κ1) is 19.4. The van der Waals surface area contributed by atoms with E-state index in [2.05, 4.69) is 20.8 Å². The maximum atomic E-state index is 12.0. The first-order valence-corrected chi connectivity index (χ1v) is 10.2.